The monoisotopic (exact) mass is 332 g/mol. The molecule has 0 saturated heterocycles. The lowest BCUT2D eigenvalue weighted by Crippen LogP contribution is -1.86. The van der Waals surface area contributed by atoms with E-state index in [1.807, 2.05) is 19.1 Å². The maximum absolute atomic E-state index is 10.0. The van der Waals surface area contributed by atoms with Crippen molar-refractivity contribution in [3.8, 4) is 22.9 Å². The molecular formula is C15H13BrN2O2. The number of nitrogens with zero attached hydrogens (tertiary/aromatic N) is 1. The zero-order valence-electron chi connectivity index (χ0n) is 11.1. The van der Waals surface area contributed by atoms with Gasteiger partial charge in [-0.05, 0) is 42.8 Å². The van der Waals surface area contributed by atoms with Gasteiger partial charge in [0.1, 0.15) is 17.3 Å². The maximum Gasteiger partial charge on any atom is 0.142 e. The molecule has 0 aliphatic rings. The highest BCUT2D eigenvalue weighted by molar-refractivity contribution is 9.10. The number of fused-ring (bicyclic) bond motifs is 1. The SMILES string of the molecule is COc1ccc(O)c(-c2nc3c(C)cc(Br)cc3[nH]2)c1. The van der Waals surface area contributed by atoms with Crippen LogP contribution in [0.4, 0.5) is 0 Å². The lowest BCUT2D eigenvalue weighted by molar-refractivity contribution is 0.412. The van der Waals surface area contributed by atoms with Gasteiger partial charge in [0.25, 0.3) is 0 Å². The Morgan fingerprint density at radius 3 is 2.80 bits per heavy atom. The van der Waals surface area contributed by atoms with Crippen LogP contribution in [0.25, 0.3) is 22.4 Å². The third-order valence-corrected chi connectivity index (χ3v) is 3.66. The molecule has 102 valence electrons. The van der Waals surface area contributed by atoms with Crippen molar-refractivity contribution in [1.29, 1.82) is 0 Å². The van der Waals surface area contributed by atoms with Crippen LogP contribution < -0.4 is 4.74 Å². The molecule has 20 heavy (non-hydrogen) atoms. The molecule has 3 rings (SSSR count). The molecule has 0 amide bonds. The summed E-state index contributed by atoms with van der Waals surface area (Å²) in [5, 5.41) is 10.0. The van der Waals surface area contributed by atoms with Gasteiger partial charge in [0.05, 0.1) is 23.7 Å². The number of rotatable bonds is 2. The van der Waals surface area contributed by atoms with Gasteiger partial charge in [-0.25, -0.2) is 4.98 Å². The molecular weight excluding hydrogens is 320 g/mol. The van der Waals surface area contributed by atoms with E-state index in [1.54, 1.807) is 25.3 Å². The van der Waals surface area contributed by atoms with Gasteiger partial charge in [-0.2, -0.15) is 0 Å². The quantitative estimate of drug-likeness (QED) is 0.745. The number of aryl methyl sites for hydroxylation is 1. The zero-order valence-corrected chi connectivity index (χ0v) is 12.7. The highest BCUT2D eigenvalue weighted by Crippen LogP contribution is 2.33. The molecule has 0 atom stereocenters. The van der Waals surface area contributed by atoms with Crippen LogP contribution in [0, 0.1) is 6.92 Å². The van der Waals surface area contributed by atoms with Crippen molar-refractivity contribution in [3.05, 3.63) is 40.4 Å². The maximum atomic E-state index is 10.0. The predicted molar refractivity (Wildman–Crippen MR) is 82.2 cm³/mol. The van der Waals surface area contributed by atoms with Crippen LogP contribution >= 0.6 is 15.9 Å². The lowest BCUT2D eigenvalue weighted by atomic mass is 10.2. The molecule has 5 heteroatoms. The molecule has 4 nitrogen and oxygen atoms in total. The largest absolute Gasteiger partial charge is 0.507 e. The fraction of sp³-hybridized carbons (Fsp3) is 0.133. The number of imidazole rings is 1. The Balaban J connectivity index is 2.22. The number of H-pyrrole nitrogens is 1. The first kappa shape index (κ1) is 13.0. The number of hydrogen-bond acceptors (Lipinski definition) is 3. The summed E-state index contributed by atoms with van der Waals surface area (Å²) in [6, 6.07) is 9.05. The fourth-order valence-electron chi connectivity index (χ4n) is 2.21. The van der Waals surface area contributed by atoms with Gasteiger partial charge in [-0.3, -0.25) is 0 Å². The molecule has 0 unspecified atom stereocenters. The summed E-state index contributed by atoms with van der Waals surface area (Å²) < 4.78 is 6.18. The molecule has 1 heterocycles. The van der Waals surface area contributed by atoms with E-state index in [9.17, 15) is 5.11 Å². The third-order valence-electron chi connectivity index (χ3n) is 3.20. The molecule has 0 aliphatic heterocycles. The van der Waals surface area contributed by atoms with Gasteiger partial charge in [-0.1, -0.05) is 15.9 Å². The average Bonchev–Trinajstić information content (AvgIpc) is 2.83. The summed E-state index contributed by atoms with van der Waals surface area (Å²) in [5.41, 5.74) is 3.51. The van der Waals surface area contributed by atoms with E-state index in [0.717, 1.165) is 21.1 Å². The van der Waals surface area contributed by atoms with Crippen molar-refractivity contribution >= 4 is 27.0 Å². The second-order valence-electron chi connectivity index (χ2n) is 4.59. The van der Waals surface area contributed by atoms with Crippen LogP contribution in [-0.4, -0.2) is 22.2 Å². The average molecular weight is 333 g/mol. The van der Waals surface area contributed by atoms with Gasteiger partial charge in [-0.15, -0.1) is 0 Å². The minimum absolute atomic E-state index is 0.168. The van der Waals surface area contributed by atoms with Gasteiger partial charge in [0, 0.05) is 4.47 Å². The summed E-state index contributed by atoms with van der Waals surface area (Å²) in [5.74, 6) is 1.47. The highest BCUT2D eigenvalue weighted by atomic mass is 79.9. The summed E-state index contributed by atoms with van der Waals surface area (Å²) in [7, 11) is 1.59. The Morgan fingerprint density at radius 2 is 2.05 bits per heavy atom. The summed E-state index contributed by atoms with van der Waals surface area (Å²) in [6.07, 6.45) is 0. The topological polar surface area (TPSA) is 58.1 Å². The Kier molecular flexibility index (Phi) is 3.14. The molecule has 3 aromatic rings. The number of aromatic hydroxyl groups is 1. The van der Waals surface area contributed by atoms with Crippen LogP contribution in [0.2, 0.25) is 0 Å². The van der Waals surface area contributed by atoms with Crippen LogP contribution in [0.3, 0.4) is 0 Å². The van der Waals surface area contributed by atoms with Crippen molar-refractivity contribution in [2.24, 2.45) is 0 Å². The van der Waals surface area contributed by atoms with Gasteiger partial charge >= 0.3 is 0 Å². The minimum Gasteiger partial charge on any atom is -0.507 e. The summed E-state index contributed by atoms with van der Waals surface area (Å²) in [6.45, 7) is 2.00. The normalized spacial score (nSPS) is 10.9. The molecule has 2 N–H and O–H groups in total. The first-order valence-electron chi connectivity index (χ1n) is 6.11. The number of halogens is 1. The molecule has 0 saturated carbocycles. The third kappa shape index (κ3) is 2.14. The number of aromatic nitrogens is 2. The van der Waals surface area contributed by atoms with E-state index in [4.69, 9.17) is 4.74 Å². The van der Waals surface area contributed by atoms with E-state index >= 15 is 0 Å². The summed E-state index contributed by atoms with van der Waals surface area (Å²) >= 11 is 3.47. The van der Waals surface area contributed by atoms with Crippen molar-refractivity contribution in [2.45, 2.75) is 6.92 Å². The number of methoxy groups -OCH3 is 1. The van der Waals surface area contributed by atoms with Crippen molar-refractivity contribution in [3.63, 3.8) is 0 Å². The first-order chi connectivity index (χ1) is 9.58. The van der Waals surface area contributed by atoms with Gasteiger partial charge < -0.3 is 14.8 Å². The minimum atomic E-state index is 0.168. The van der Waals surface area contributed by atoms with Crippen molar-refractivity contribution in [2.75, 3.05) is 7.11 Å². The lowest BCUT2D eigenvalue weighted by Gasteiger charge is -2.04. The van der Waals surface area contributed by atoms with Gasteiger partial charge in [0.15, 0.2) is 0 Å². The molecule has 0 bridgehead atoms. The number of ether oxygens (including phenoxy) is 1. The van der Waals surface area contributed by atoms with E-state index < -0.39 is 0 Å². The number of phenols is 1. The number of phenolic OH excluding ortho intramolecular Hbond substituents is 1. The second-order valence-corrected chi connectivity index (χ2v) is 5.50. The smallest absolute Gasteiger partial charge is 0.142 e. The van der Waals surface area contributed by atoms with E-state index in [2.05, 4.69) is 25.9 Å². The Bertz CT molecular complexity index is 796. The van der Waals surface area contributed by atoms with E-state index in [1.165, 1.54) is 0 Å². The Labute approximate surface area is 124 Å². The second kappa shape index (κ2) is 4.83. The van der Waals surface area contributed by atoms with Crippen molar-refractivity contribution in [1.82, 2.24) is 9.97 Å². The molecule has 2 aromatic carbocycles. The zero-order chi connectivity index (χ0) is 14.3. The standard InChI is InChI=1S/C15H13BrN2O2/c1-8-5-9(16)6-12-14(8)18-15(17-12)11-7-10(20-2)3-4-13(11)19/h3-7,19H,1-2H3,(H,17,18). The van der Waals surface area contributed by atoms with Crippen LogP contribution in [0.5, 0.6) is 11.5 Å². The Hall–Kier alpha value is -2.01. The molecule has 0 fully saturated rings. The highest BCUT2D eigenvalue weighted by Gasteiger charge is 2.12. The number of nitrogens with one attached hydrogen (secondary N) is 1. The fourth-order valence-corrected chi connectivity index (χ4v) is 2.78. The van der Waals surface area contributed by atoms with Crippen LogP contribution in [0.1, 0.15) is 5.56 Å². The van der Waals surface area contributed by atoms with E-state index in [-0.39, 0.29) is 5.75 Å². The number of benzene rings is 2. The van der Waals surface area contributed by atoms with Crippen molar-refractivity contribution < 1.29 is 9.84 Å². The van der Waals surface area contributed by atoms with Crippen LogP contribution in [0.15, 0.2) is 34.8 Å². The molecule has 0 aliphatic carbocycles. The van der Waals surface area contributed by atoms with E-state index in [0.29, 0.717) is 17.1 Å². The summed E-state index contributed by atoms with van der Waals surface area (Å²) in [4.78, 5) is 7.80. The molecule has 0 spiro atoms. The molecule has 1 aromatic heterocycles. The Morgan fingerprint density at radius 1 is 1.25 bits per heavy atom. The predicted octanol–water partition coefficient (Wildman–Crippen LogP) is 4.02. The number of aromatic amines is 1. The molecule has 0 radical (unpaired) electrons. The number of hydrogen-bond donors (Lipinski definition) is 2. The first-order valence-corrected chi connectivity index (χ1v) is 6.91. The van der Waals surface area contributed by atoms with Gasteiger partial charge in [0.2, 0.25) is 0 Å². The van der Waals surface area contributed by atoms with Crippen LogP contribution in [-0.2, 0) is 0 Å².